The number of carbonyl (C=O) groups excluding carboxylic acids is 1. The molecule has 7 nitrogen and oxygen atoms in total. The number of anilines is 1. The van der Waals surface area contributed by atoms with Crippen LogP contribution in [0.5, 0.6) is 0 Å². The van der Waals surface area contributed by atoms with E-state index in [1.54, 1.807) is 23.1 Å². The van der Waals surface area contributed by atoms with Gasteiger partial charge < -0.3 is 10.1 Å². The van der Waals surface area contributed by atoms with Crippen LogP contribution in [0.3, 0.4) is 0 Å². The first kappa shape index (κ1) is 19.5. The number of rotatable bonds is 6. The molecule has 1 aliphatic rings. The van der Waals surface area contributed by atoms with Crippen molar-refractivity contribution >= 4 is 22.4 Å². The predicted molar refractivity (Wildman–Crippen MR) is 111 cm³/mol. The van der Waals surface area contributed by atoms with Crippen molar-refractivity contribution in [1.82, 2.24) is 14.8 Å². The van der Waals surface area contributed by atoms with Gasteiger partial charge in [0.15, 0.2) is 0 Å². The standard InChI is InChI=1S/C21H22N4O3S/c26-21(17-4-6-19(7-5-17)25-15-22-14-23-25)24-18-3-1-2-16(12-18)13-29(27)20-8-10-28-11-9-20/h1-7,12,14-15,20H,8-11,13H2,(H,24,26). The maximum atomic E-state index is 12.6. The molecule has 1 amide bonds. The number of hydrogen-bond acceptors (Lipinski definition) is 5. The van der Waals surface area contributed by atoms with E-state index >= 15 is 0 Å². The van der Waals surface area contributed by atoms with Gasteiger partial charge in [-0.2, -0.15) is 5.10 Å². The molecule has 2 aromatic carbocycles. The highest BCUT2D eigenvalue weighted by Crippen LogP contribution is 2.19. The van der Waals surface area contributed by atoms with Crippen LogP contribution in [0.4, 0.5) is 5.69 Å². The summed E-state index contributed by atoms with van der Waals surface area (Å²) >= 11 is 0. The predicted octanol–water partition coefficient (Wildman–Crippen LogP) is 2.95. The Morgan fingerprint density at radius 3 is 2.69 bits per heavy atom. The van der Waals surface area contributed by atoms with Crippen molar-refractivity contribution in [2.45, 2.75) is 23.8 Å². The van der Waals surface area contributed by atoms with E-state index in [4.69, 9.17) is 4.74 Å². The molecule has 1 unspecified atom stereocenters. The lowest BCUT2D eigenvalue weighted by atomic mass is 10.1. The molecule has 1 atom stereocenters. The van der Waals surface area contributed by atoms with E-state index < -0.39 is 10.8 Å². The van der Waals surface area contributed by atoms with E-state index in [1.807, 2.05) is 36.4 Å². The minimum atomic E-state index is -0.938. The summed E-state index contributed by atoms with van der Waals surface area (Å²) in [4.78, 5) is 16.5. The molecular formula is C21H22N4O3S. The van der Waals surface area contributed by atoms with Gasteiger partial charge in [-0.15, -0.1) is 0 Å². The number of ether oxygens (including phenoxy) is 1. The molecule has 1 saturated heterocycles. The molecule has 4 rings (SSSR count). The number of carbonyl (C=O) groups is 1. The second-order valence-electron chi connectivity index (χ2n) is 6.88. The molecule has 1 fully saturated rings. The van der Waals surface area contributed by atoms with E-state index in [2.05, 4.69) is 15.4 Å². The van der Waals surface area contributed by atoms with Crippen LogP contribution in [0.25, 0.3) is 5.69 Å². The summed E-state index contributed by atoms with van der Waals surface area (Å²) in [5.41, 5.74) is 3.02. The third kappa shape index (κ3) is 4.96. The summed E-state index contributed by atoms with van der Waals surface area (Å²) in [5.74, 6) is 0.291. The van der Waals surface area contributed by atoms with E-state index in [1.165, 1.54) is 6.33 Å². The Kier molecular flexibility index (Phi) is 6.12. The van der Waals surface area contributed by atoms with Crippen LogP contribution in [0.2, 0.25) is 0 Å². The van der Waals surface area contributed by atoms with Gasteiger partial charge in [0.2, 0.25) is 0 Å². The number of benzene rings is 2. The molecule has 1 aromatic heterocycles. The van der Waals surface area contributed by atoms with Crippen molar-refractivity contribution in [3.05, 3.63) is 72.3 Å². The fraction of sp³-hybridized carbons (Fsp3) is 0.286. The Balaban J connectivity index is 1.39. The normalized spacial score (nSPS) is 15.7. The number of aromatic nitrogens is 3. The fourth-order valence-electron chi connectivity index (χ4n) is 3.27. The largest absolute Gasteiger partial charge is 0.381 e. The highest BCUT2D eigenvalue weighted by atomic mass is 32.2. The molecule has 0 aliphatic carbocycles. The van der Waals surface area contributed by atoms with Crippen LogP contribution in [-0.4, -0.2) is 43.3 Å². The lowest BCUT2D eigenvalue weighted by Crippen LogP contribution is -2.25. The van der Waals surface area contributed by atoms with Crippen molar-refractivity contribution in [3.63, 3.8) is 0 Å². The molecule has 150 valence electrons. The van der Waals surface area contributed by atoms with Gasteiger partial charge in [0.05, 0.1) is 5.69 Å². The van der Waals surface area contributed by atoms with Crippen LogP contribution >= 0.6 is 0 Å². The second kappa shape index (κ2) is 9.11. The minimum absolute atomic E-state index is 0.186. The van der Waals surface area contributed by atoms with Crippen LogP contribution in [-0.2, 0) is 21.3 Å². The zero-order valence-corrected chi connectivity index (χ0v) is 16.7. The lowest BCUT2D eigenvalue weighted by Gasteiger charge is -2.21. The SMILES string of the molecule is O=C(Nc1cccc(CS(=O)C2CCOCC2)c1)c1ccc(-n2cncn2)cc1. The number of nitrogens with zero attached hydrogens (tertiary/aromatic N) is 3. The molecule has 0 bridgehead atoms. The first-order valence-corrected chi connectivity index (χ1v) is 10.9. The molecule has 3 aromatic rings. The molecular weight excluding hydrogens is 388 g/mol. The van der Waals surface area contributed by atoms with Gasteiger partial charge in [0.1, 0.15) is 12.7 Å². The zero-order chi connectivity index (χ0) is 20.1. The zero-order valence-electron chi connectivity index (χ0n) is 15.9. The highest BCUT2D eigenvalue weighted by Gasteiger charge is 2.20. The Morgan fingerprint density at radius 2 is 1.97 bits per heavy atom. The van der Waals surface area contributed by atoms with Gasteiger partial charge in [0, 0.05) is 46.3 Å². The monoisotopic (exact) mass is 410 g/mol. The van der Waals surface area contributed by atoms with Crippen molar-refractivity contribution < 1.29 is 13.7 Å². The third-order valence-corrected chi connectivity index (χ3v) is 6.68. The lowest BCUT2D eigenvalue weighted by molar-refractivity contribution is 0.0991. The Hall–Kier alpha value is -2.84. The smallest absolute Gasteiger partial charge is 0.255 e. The maximum Gasteiger partial charge on any atom is 0.255 e. The third-order valence-electron chi connectivity index (χ3n) is 4.85. The second-order valence-corrected chi connectivity index (χ2v) is 8.60. The van der Waals surface area contributed by atoms with E-state index in [9.17, 15) is 9.00 Å². The molecule has 0 radical (unpaired) electrons. The van der Waals surface area contributed by atoms with Crippen LogP contribution < -0.4 is 5.32 Å². The van der Waals surface area contributed by atoms with Crippen molar-refractivity contribution in [3.8, 4) is 5.69 Å². The van der Waals surface area contributed by atoms with Crippen molar-refractivity contribution in [1.29, 1.82) is 0 Å². The van der Waals surface area contributed by atoms with E-state index in [-0.39, 0.29) is 11.2 Å². The summed E-state index contributed by atoms with van der Waals surface area (Å²) < 4.78 is 19.6. The fourth-order valence-corrected chi connectivity index (χ4v) is 4.73. The first-order valence-electron chi connectivity index (χ1n) is 9.49. The van der Waals surface area contributed by atoms with Crippen molar-refractivity contribution in [2.75, 3.05) is 18.5 Å². The van der Waals surface area contributed by atoms with Gasteiger partial charge in [0.25, 0.3) is 5.91 Å². The minimum Gasteiger partial charge on any atom is -0.381 e. The van der Waals surface area contributed by atoms with Gasteiger partial charge in [-0.3, -0.25) is 9.00 Å². The van der Waals surface area contributed by atoms with Gasteiger partial charge >= 0.3 is 0 Å². The Bertz CT molecular complexity index is 983. The number of amides is 1. The van der Waals surface area contributed by atoms with Gasteiger partial charge in [-0.25, -0.2) is 9.67 Å². The van der Waals surface area contributed by atoms with Crippen molar-refractivity contribution in [2.24, 2.45) is 0 Å². The molecule has 0 spiro atoms. The Morgan fingerprint density at radius 1 is 1.17 bits per heavy atom. The van der Waals surface area contributed by atoms with E-state index in [0.717, 1.165) is 24.1 Å². The van der Waals surface area contributed by atoms with Gasteiger partial charge in [-0.05, 0) is 54.8 Å². The molecule has 1 aliphatic heterocycles. The summed E-state index contributed by atoms with van der Waals surface area (Å²) in [6.07, 6.45) is 4.74. The first-order chi connectivity index (χ1) is 14.2. The van der Waals surface area contributed by atoms with Crippen LogP contribution in [0, 0.1) is 0 Å². The summed E-state index contributed by atoms with van der Waals surface area (Å²) in [6, 6.07) is 14.7. The van der Waals surface area contributed by atoms with Gasteiger partial charge in [-0.1, -0.05) is 12.1 Å². The Labute approximate surface area is 171 Å². The molecule has 29 heavy (non-hydrogen) atoms. The molecule has 2 heterocycles. The van der Waals surface area contributed by atoms with E-state index in [0.29, 0.717) is 30.2 Å². The summed E-state index contributed by atoms with van der Waals surface area (Å²) in [5, 5.41) is 7.17. The summed E-state index contributed by atoms with van der Waals surface area (Å²) in [6.45, 7) is 1.37. The van der Waals surface area contributed by atoms with Crippen LogP contribution in [0.1, 0.15) is 28.8 Å². The average molecular weight is 410 g/mol. The maximum absolute atomic E-state index is 12.6. The number of nitrogens with one attached hydrogen (secondary N) is 1. The molecule has 8 heteroatoms. The average Bonchev–Trinajstić information content (AvgIpc) is 3.30. The van der Waals surface area contributed by atoms with Crippen LogP contribution in [0.15, 0.2) is 61.2 Å². The number of hydrogen-bond donors (Lipinski definition) is 1. The quantitative estimate of drug-likeness (QED) is 0.675. The summed E-state index contributed by atoms with van der Waals surface area (Å²) in [7, 11) is -0.938. The molecule has 1 N–H and O–H groups in total. The highest BCUT2D eigenvalue weighted by molar-refractivity contribution is 7.84. The molecule has 0 saturated carbocycles. The topological polar surface area (TPSA) is 86.1 Å².